The second kappa shape index (κ2) is 6.99. The second-order valence-electron chi connectivity index (χ2n) is 7.76. The van der Waals surface area contributed by atoms with E-state index in [0.29, 0.717) is 24.2 Å². The number of imide groups is 1. The molecular weight excluding hydrogens is 378 g/mol. The molecule has 0 spiro atoms. The third-order valence-corrected chi connectivity index (χ3v) is 6.00. The predicted molar refractivity (Wildman–Crippen MR) is 114 cm³/mol. The van der Waals surface area contributed by atoms with Gasteiger partial charge in [-0.25, -0.2) is 0 Å². The van der Waals surface area contributed by atoms with Crippen molar-refractivity contribution in [2.75, 3.05) is 19.6 Å². The highest BCUT2D eigenvalue weighted by Crippen LogP contribution is 2.30. The third kappa shape index (κ3) is 2.84. The summed E-state index contributed by atoms with van der Waals surface area (Å²) in [5.74, 6) is -1.01. The summed E-state index contributed by atoms with van der Waals surface area (Å²) < 4.78 is 0. The molecule has 0 saturated carbocycles. The summed E-state index contributed by atoms with van der Waals surface area (Å²) in [5, 5.41) is 1.19. The van der Waals surface area contributed by atoms with Gasteiger partial charge in [-0.1, -0.05) is 36.4 Å². The number of amides is 3. The Labute approximate surface area is 173 Å². The van der Waals surface area contributed by atoms with Crippen molar-refractivity contribution in [3.8, 4) is 0 Å². The highest BCUT2D eigenvalue weighted by Gasteiger charge is 2.37. The van der Waals surface area contributed by atoms with Crippen LogP contribution in [0.1, 0.15) is 38.3 Å². The molecule has 1 N–H and O–H groups in total. The van der Waals surface area contributed by atoms with E-state index in [1.165, 1.54) is 22.1 Å². The molecule has 0 unspecified atom stereocenters. The zero-order valence-corrected chi connectivity index (χ0v) is 16.6. The molecular formula is C24H21N3O3. The number of hydrogen-bond donors (Lipinski definition) is 1. The Bertz CT molecular complexity index is 1200. The van der Waals surface area contributed by atoms with Crippen LogP contribution >= 0.6 is 0 Å². The first kappa shape index (κ1) is 18.4. The summed E-state index contributed by atoms with van der Waals surface area (Å²) in [6, 6.07) is 12.9. The van der Waals surface area contributed by atoms with E-state index < -0.39 is 11.8 Å². The molecule has 0 fully saturated rings. The quantitative estimate of drug-likeness (QED) is 0.686. The molecule has 0 saturated heterocycles. The largest absolute Gasteiger partial charge is 0.360 e. The van der Waals surface area contributed by atoms with Gasteiger partial charge in [0.1, 0.15) is 6.54 Å². The van der Waals surface area contributed by atoms with Crippen molar-refractivity contribution in [1.82, 2.24) is 14.8 Å². The molecule has 2 aliphatic heterocycles. The van der Waals surface area contributed by atoms with Crippen LogP contribution in [0.3, 0.4) is 0 Å². The van der Waals surface area contributed by atoms with Gasteiger partial charge in [-0.15, -0.1) is 0 Å². The topological polar surface area (TPSA) is 73.5 Å². The van der Waals surface area contributed by atoms with E-state index in [0.717, 1.165) is 16.8 Å². The predicted octanol–water partition coefficient (Wildman–Crippen LogP) is 3.39. The lowest BCUT2D eigenvalue weighted by Crippen LogP contribution is -2.44. The fraction of sp³-hybridized carbons (Fsp3) is 0.208. The van der Waals surface area contributed by atoms with Gasteiger partial charge < -0.3 is 9.88 Å². The van der Waals surface area contributed by atoms with E-state index in [1.54, 1.807) is 29.2 Å². The van der Waals surface area contributed by atoms with Crippen LogP contribution in [0, 0.1) is 6.92 Å². The average Bonchev–Trinajstić information content (AvgIpc) is 3.31. The van der Waals surface area contributed by atoms with Crippen LogP contribution in [0.25, 0.3) is 16.5 Å². The van der Waals surface area contributed by atoms with Gasteiger partial charge in [0.15, 0.2) is 0 Å². The zero-order chi connectivity index (χ0) is 20.8. The number of aromatic amines is 1. The summed E-state index contributed by atoms with van der Waals surface area (Å²) in [5.41, 5.74) is 5.44. The van der Waals surface area contributed by atoms with Gasteiger partial charge in [-0.3, -0.25) is 19.3 Å². The number of benzene rings is 2. The summed E-state index contributed by atoms with van der Waals surface area (Å²) in [6.07, 6.45) is 4.82. The van der Waals surface area contributed by atoms with Gasteiger partial charge in [0.2, 0.25) is 5.91 Å². The molecule has 0 atom stereocenters. The van der Waals surface area contributed by atoms with E-state index in [2.05, 4.69) is 36.2 Å². The second-order valence-corrected chi connectivity index (χ2v) is 7.76. The number of para-hydroxylation sites is 1. The first-order chi connectivity index (χ1) is 14.5. The van der Waals surface area contributed by atoms with Crippen LogP contribution in [0.2, 0.25) is 0 Å². The smallest absolute Gasteiger partial charge is 0.262 e. The monoisotopic (exact) mass is 399 g/mol. The molecule has 5 rings (SSSR count). The maximum Gasteiger partial charge on any atom is 0.262 e. The Hall–Kier alpha value is -3.67. The summed E-state index contributed by atoms with van der Waals surface area (Å²) in [6.45, 7) is 2.89. The van der Waals surface area contributed by atoms with Gasteiger partial charge in [-0.2, -0.15) is 0 Å². The molecule has 1 aromatic heterocycles. The van der Waals surface area contributed by atoms with Crippen LogP contribution in [0.15, 0.2) is 54.7 Å². The van der Waals surface area contributed by atoms with E-state index >= 15 is 0 Å². The van der Waals surface area contributed by atoms with Crippen molar-refractivity contribution in [2.45, 2.75) is 13.3 Å². The van der Waals surface area contributed by atoms with Crippen molar-refractivity contribution < 1.29 is 14.4 Å². The Balaban J connectivity index is 1.30. The van der Waals surface area contributed by atoms with Gasteiger partial charge in [-0.05, 0) is 36.6 Å². The summed E-state index contributed by atoms with van der Waals surface area (Å²) in [7, 11) is 0. The average molecular weight is 399 g/mol. The summed E-state index contributed by atoms with van der Waals surface area (Å²) >= 11 is 0. The molecule has 0 bridgehead atoms. The lowest BCUT2D eigenvalue weighted by molar-refractivity contribution is -0.131. The standard InChI is InChI=1S/C24H21N3O3/c1-15-5-4-8-17-20(13-25-22(15)17)16-9-11-26(12-10-16)21(28)14-27-23(29)18-6-2-3-7-19(18)24(27)30/h2-9,13,25H,10-12,14H2,1H3. The van der Waals surface area contributed by atoms with Crippen LogP contribution in [-0.4, -0.2) is 52.1 Å². The molecule has 150 valence electrons. The number of H-pyrrole nitrogens is 1. The summed E-state index contributed by atoms with van der Waals surface area (Å²) in [4.78, 5) is 43.9. The van der Waals surface area contributed by atoms with E-state index in [9.17, 15) is 14.4 Å². The van der Waals surface area contributed by atoms with E-state index in [-0.39, 0.29) is 12.5 Å². The normalized spacial score (nSPS) is 16.2. The SMILES string of the molecule is Cc1cccc2c(C3=CCN(C(=O)CN4C(=O)c5ccccc5C4=O)CC3)c[nH]c12. The maximum atomic E-state index is 12.8. The fourth-order valence-electron chi connectivity index (χ4n) is 4.33. The van der Waals surface area contributed by atoms with Gasteiger partial charge in [0, 0.05) is 35.8 Å². The lowest BCUT2D eigenvalue weighted by Gasteiger charge is -2.28. The molecule has 6 nitrogen and oxygen atoms in total. The van der Waals surface area contributed by atoms with Crippen molar-refractivity contribution in [2.24, 2.45) is 0 Å². The van der Waals surface area contributed by atoms with Crippen molar-refractivity contribution in [3.05, 3.63) is 77.0 Å². The Kier molecular flexibility index (Phi) is 4.28. The van der Waals surface area contributed by atoms with Gasteiger partial charge in [0.05, 0.1) is 11.1 Å². The molecule has 0 aliphatic carbocycles. The van der Waals surface area contributed by atoms with Crippen LogP contribution < -0.4 is 0 Å². The highest BCUT2D eigenvalue weighted by atomic mass is 16.2. The van der Waals surface area contributed by atoms with Gasteiger partial charge >= 0.3 is 0 Å². The molecule has 2 aliphatic rings. The molecule has 3 heterocycles. The number of nitrogens with one attached hydrogen (secondary N) is 1. The molecule has 2 aromatic carbocycles. The maximum absolute atomic E-state index is 12.8. The number of rotatable bonds is 3. The zero-order valence-electron chi connectivity index (χ0n) is 16.6. The number of carbonyl (C=O) groups excluding carboxylic acids is 3. The van der Waals surface area contributed by atoms with E-state index in [4.69, 9.17) is 0 Å². The van der Waals surface area contributed by atoms with E-state index in [1.807, 2.05) is 6.20 Å². The lowest BCUT2D eigenvalue weighted by atomic mass is 9.98. The van der Waals surface area contributed by atoms with Crippen molar-refractivity contribution >= 4 is 34.2 Å². The van der Waals surface area contributed by atoms with Crippen molar-refractivity contribution in [1.29, 1.82) is 0 Å². The molecule has 3 aromatic rings. The minimum Gasteiger partial charge on any atom is -0.360 e. The number of fused-ring (bicyclic) bond motifs is 2. The number of hydrogen-bond acceptors (Lipinski definition) is 3. The molecule has 6 heteroatoms. The number of nitrogens with zero attached hydrogens (tertiary/aromatic N) is 2. The molecule has 3 amide bonds. The number of carbonyl (C=O) groups is 3. The Morgan fingerprint density at radius 2 is 1.73 bits per heavy atom. The number of aromatic nitrogens is 1. The molecule has 0 radical (unpaired) electrons. The number of aryl methyl sites for hydroxylation is 1. The van der Waals surface area contributed by atoms with Crippen molar-refractivity contribution in [3.63, 3.8) is 0 Å². The molecule has 30 heavy (non-hydrogen) atoms. The Morgan fingerprint density at radius 3 is 2.40 bits per heavy atom. The first-order valence-corrected chi connectivity index (χ1v) is 10.0. The minimum absolute atomic E-state index is 0.213. The third-order valence-electron chi connectivity index (χ3n) is 6.00. The highest BCUT2D eigenvalue weighted by molar-refractivity contribution is 6.22. The van der Waals surface area contributed by atoms with Crippen LogP contribution in [0.5, 0.6) is 0 Å². The first-order valence-electron chi connectivity index (χ1n) is 10.0. The fourth-order valence-corrected chi connectivity index (χ4v) is 4.33. The van der Waals surface area contributed by atoms with Crippen LogP contribution in [-0.2, 0) is 4.79 Å². The Morgan fingerprint density at radius 1 is 1.00 bits per heavy atom. The minimum atomic E-state index is -0.397. The van der Waals surface area contributed by atoms with Crippen LogP contribution in [0.4, 0.5) is 0 Å². The van der Waals surface area contributed by atoms with Gasteiger partial charge in [0.25, 0.3) is 11.8 Å².